The summed E-state index contributed by atoms with van der Waals surface area (Å²) in [7, 11) is 0. The van der Waals surface area contributed by atoms with Gasteiger partial charge in [-0.1, -0.05) is 13.8 Å². The van der Waals surface area contributed by atoms with Crippen molar-refractivity contribution in [2.45, 2.75) is 77.2 Å². The van der Waals surface area contributed by atoms with Crippen molar-refractivity contribution in [3.63, 3.8) is 0 Å². The van der Waals surface area contributed by atoms with E-state index in [9.17, 15) is 10.3 Å². The summed E-state index contributed by atoms with van der Waals surface area (Å²) in [6.45, 7) is 4.77. The highest BCUT2D eigenvalue weighted by Crippen LogP contribution is 2.67. The second-order valence-corrected chi connectivity index (χ2v) is 9.41. The molecule has 1 heterocycles. The van der Waals surface area contributed by atoms with Gasteiger partial charge in [0.2, 0.25) is 5.69 Å². The second kappa shape index (κ2) is 4.75. The fourth-order valence-corrected chi connectivity index (χ4v) is 7.39. The number of aliphatic hydroxyl groups excluding tert-OH is 1. The maximum Gasteiger partial charge on any atom is 0.224 e. The van der Waals surface area contributed by atoms with Crippen LogP contribution in [0.1, 0.15) is 76.1 Å². The van der Waals surface area contributed by atoms with Crippen LogP contribution in [0.25, 0.3) is 0 Å². The normalized spacial score (nSPS) is 49.9. The van der Waals surface area contributed by atoms with Crippen LogP contribution >= 0.6 is 0 Å². The zero-order valence-electron chi connectivity index (χ0n) is 14.7. The summed E-state index contributed by atoms with van der Waals surface area (Å²) >= 11 is 0. The van der Waals surface area contributed by atoms with Gasteiger partial charge in [0, 0.05) is 17.5 Å². The van der Waals surface area contributed by atoms with Gasteiger partial charge in [-0.3, -0.25) is 4.63 Å². The van der Waals surface area contributed by atoms with Crippen LogP contribution in [0.5, 0.6) is 0 Å². The molecule has 1 N–H and O–H groups in total. The molecule has 0 bridgehead atoms. The highest BCUT2D eigenvalue weighted by molar-refractivity contribution is 5.23. The van der Waals surface area contributed by atoms with Gasteiger partial charge < -0.3 is 10.3 Å². The molecule has 0 saturated heterocycles. The molecule has 4 aliphatic carbocycles. The molecule has 24 heavy (non-hydrogen) atoms. The van der Waals surface area contributed by atoms with Crippen molar-refractivity contribution in [1.29, 1.82) is 0 Å². The molecule has 7 atom stereocenters. The Balaban J connectivity index is 1.51. The summed E-state index contributed by atoms with van der Waals surface area (Å²) in [6.07, 6.45) is 8.61. The summed E-state index contributed by atoms with van der Waals surface area (Å²) in [5.74, 6) is 2.48. The standard InChI is InChI=1S/C19H28N2O3/c1-18-10-8-15-17(20-24-21(15)23)14(18)4-3-11-12-5-6-16(22)19(12,2)9-7-13(11)18/h11-14,16,22H,3-10H2,1-2H3/t11-,12-,13-,14-,16-,18+,19-/m0/s1. The minimum absolute atomic E-state index is 0.109. The molecule has 0 spiro atoms. The summed E-state index contributed by atoms with van der Waals surface area (Å²) in [5.41, 5.74) is 2.08. The van der Waals surface area contributed by atoms with Crippen LogP contribution in [0, 0.1) is 33.8 Å². The Hall–Kier alpha value is -1.10. The van der Waals surface area contributed by atoms with E-state index >= 15 is 0 Å². The third-order valence-electron chi connectivity index (χ3n) is 8.78. The third-order valence-corrected chi connectivity index (χ3v) is 8.78. The minimum Gasteiger partial charge on any atom is -0.393 e. The van der Waals surface area contributed by atoms with Crippen LogP contribution in [0.2, 0.25) is 0 Å². The van der Waals surface area contributed by atoms with Crippen LogP contribution < -0.4 is 4.90 Å². The van der Waals surface area contributed by atoms with Crippen LogP contribution in [0.4, 0.5) is 0 Å². The summed E-state index contributed by atoms with van der Waals surface area (Å²) in [6, 6.07) is 0. The van der Waals surface area contributed by atoms with Gasteiger partial charge in [0.1, 0.15) is 0 Å². The lowest BCUT2D eigenvalue weighted by Gasteiger charge is -2.58. The molecule has 3 saturated carbocycles. The molecule has 1 aromatic heterocycles. The van der Waals surface area contributed by atoms with Crippen LogP contribution in [-0.2, 0) is 6.42 Å². The highest BCUT2D eigenvalue weighted by atomic mass is 16.8. The van der Waals surface area contributed by atoms with E-state index in [1.807, 2.05) is 0 Å². The lowest BCUT2D eigenvalue weighted by atomic mass is 9.45. The van der Waals surface area contributed by atoms with Crippen molar-refractivity contribution in [3.8, 4) is 0 Å². The van der Waals surface area contributed by atoms with E-state index in [-0.39, 0.29) is 16.9 Å². The van der Waals surface area contributed by atoms with Crippen molar-refractivity contribution in [3.05, 3.63) is 16.6 Å². The third kappa shape index (κ3) is 1.69. The molecular formula is C19H28N2O3. The molecule has 0 unspecified atom stereocenters. The van der Waals surface area contributed by atoms with E-state index in [0.29, 0.717) is 22.7 Å². The van der Waals surface area contributed by atoms with Gasteiger partial charge >= 0.3 is 0 Å². The Morgan fingerprint density at radius 2 is 1.88 bits per heavy atom. The molecule has 132 valence electrons. The Labute approximate surface area is 143 Å². The summed E-state index contributed by atoms with van der Waals surface area (Å²) < 4.78 is 4.92. The molecule has 0 aromatic carbocycles. The van der Waals surface area contributed by atoms with E-state index < -0.39 is 0 Å². The number of rotatable bonds is 0. The fourth-order valence-electron chi connectivity index (χ4n) is 7.39. The molecule has 0 radical (unpaired) electrons. The Morgan fingerprint density at radius 1 is 1.08 bits per heavy atom. The van der Waals surface area contributed by atoms with Gasteiger partial charge in [0.25, 0.3) is 0 Å². The minimum atomic E-state index is -0.109. The maximum absolute atomic E-state index is 11.8. The topological polar surface area (TPSA) is 73.2 Å². The summed E-state index contributed by atoms with van der Waals surface area (Å²) in [5, 5.41) is 26.5. The predicted molar refractivity (Wildman–Crippen MR) is 86.9 cm³/mol. The molecule has 5 nitrogen and oxygen atoms in total. The molecule has 1 aromatic rings. The number of nitrogens with zero attached hydrogens (tertiary/aromatic N) is 2. The van der Waals surface area contributed by atoms with Crippen molar-refractivity contribution in [2.24, 2.45) is 28.6 Å². The van der Waals surface area contributed by atoms with Gasteiger partial charge in [0.05, 0.1) is 6.10 Å². The first-order valence-electron chi connectivity index (χ1n) is 9.72. The SMILES string of the molecule is C[C@]12CCc3c(no[n+]3[O-])[C@@H]1CC[C@@H]1[C@@H]2CC[C@]2(C)[C@@H](O)CC[C@@H]12. The molecule has 4 aliphatic rings. The molecule has 0 amide bonds. The fraction of sp³-hybridized carbons (Fsp3) is 0.895. The molecule has 0 aliphatic heterocycles. The van der Waals surface area contributed by atoms with Crippen LogP contribution in [-0.4, -0.2) is 16.4 Å². The van der Waals surface area contributed by atoms with Gasteiger partial charge in [-0.05, 0) is 78.4 Å². The maximum atomic E-state index is 11.8. The van der Waals surface area contributed by atoms with Gasteiger partial charge in [-0.15, -0.1) is 0 Å². The number of hydrogen-bond donors (Lipinski definition) is 1. The number of fused-ring (bicyclic) bond motifs is 7. The number of aromatic nitrogens is 2. The Morgan fingerprint density at radius 3 is 2.71 bits per heavy atom. The molecule has 5 rings (SSSR count). The zero-order chi connectivity index (χ0) is 16.7. The first-order chi connectivity index (χ1) is 11.4. The van der Waals surface area contributed by atoms with Crippen molar-refractivity contribution < 1.29 is 14.6 Å². The molecule has 5 heteroatoms. The summed E-state index contributed by atoms with van der Waals surface area (Å²) in [4.78, 5) is 0.631. The lowest BCUT2D eigenvalue weighted by Crippen LogP contribution is -2.53. The quantitative estimate of drug-likeness (QED) is 0.741. The van der Waals surface area contributed by atoms with E-state index in [0.717, 1.165) is 49.4 Å². The number of hydrogen-bond acceptors (Lipinski definition) is 4. The predicted octanol–water partition coefficient (Wildman–Crippen LogP) is 2.94. The monoisotopic (exact) mass is 332 g/mol. The van der Waals surface area contributed by atoms with Gasteiger partial charge in [0.15, 0.2) is 5.69 Å². The highest BCUT2D eigenvalue weighted by Gasteiger charge is 2.61. The van der Waals surface area contributed by atoms with Crippen molar-refractivity contribution in [1.82, 2.24) is 5.16 Å². The van der Waals surface area contributed by atoms with Gasteiger partial charge in [-0.25, -0.2) is 0 Å². The Bertz CT molecular complexity index is 674. The van der Waals surface area contributed by atoms with Crippen LogP contribution in [0.3, 0.4) is 0 Å². The van der Waals surface area contributed by atoms with Gasteiger partial charge in [-0.2, -0.15) is 0 Å². The zero-order valence-corrected chi connectivity index (χ0v) is 14.7. The average molecular weight is 332 g/mol. The molecule has 3 fully saturated rings. The van der Waals surface area contributed by atoms with E-state index in [2.05, 4.69) is 19.0 Å². The second-order valence-electron chi connectivity index (χ2n) is 9.41. The average Bonchev–Trinajstić information content (AvgIpc) is 3.08. The van der Waals surface area contributed by atoms with E-state index in [4.69, 9.17) is 4.63 Å². The first-order valence-corrected chi connectivity index (χ1v) is 9.72. The largest absolute Gasteiger partial charge is 0.393 e. The molecular weight excluding hydrogens is 304 g/mol. The van der Waals surface area contributed by atoms with E-state index in [1.54, 1.807) is 0 Å². The first kappa shape index (κ1) is 15.2. The lowest BCUT2D eigenvalue weighted by molar-refractivity contribution is -0.808. The van der Waals surface area contributed by atoms with E-state index in [1.165, 1.54) is 19.3 Å². The Kier molecular flexibility index (Phi) is 3.00. The van der Waals surface area contributed by atoms with Crippen molar-refractivity contribution in [2.75, 3.05) is 0 Å². The smallest absolute Gasteiger partial charge is 0.224 e. The van der Waals surface area contributed by atoms with Crippen molar-refractivity contribution >= 4 is 0 Å². The van der Waals surface area contributed by atoms with Crippen LogP contribution in [0.15, 0.2) is 4.63 Å². The number of aliphatic hydroxyl groups is 1.